The highest BCUT2D eigenvalue weighted by Gasteiger charge is 2.27. The van der Waals surface area contributed by atoms with Gasteiger partial charge in [-0.3, -0.25) is 14.2 Å². The highest BCUT2D eigenvalue weighted by Crippen LogP contribution is 2.26. The van der Waals surface area contributed by atoms with Gasteiger partial charge in [0.15, 0.2) is 0 Å². The Labute approximate surface area is 166 Å². The van der Waals surface area contributed by atoms with Crippen molar-refractivity contribution in [2.45, 2.75) is 20.0 Å². The number of carbonyl (C=O) groups is 1. The minimum Gasteiger partial charge on any atom is -0.346 e. The minimum absolute atomic E-state index is 0.205. The van der Waals surface area contributed by atoms with Crippen LogP contribution in [0, 0.1) is 6.92 Å². The molecular formula is C20H18ClN5O2. The van der Waals surface area contributed by atoms with Gasteiger partial charge in [0.05, 0.1) is 0 Å². The zero-order valence-electron chi connectivity index (χ0n) is 15.2. The third-order valence-electron chi connectivity index (χ3n) is 4.68. The largest absolute Gasteiger partial charge is 0.346 e. The summed E-state index contributed by atoms with van der Waals surface area (Å²) in [6.45, 7) is 3.26. The van der Waals surface area contributed by atoms with E-state index < -0.39 is 11.5 Å². The number of rotatable bonds is 4. The van der Waals surface area contributed by atoms with E-state index >= 15 is 0 Å². The average molecular weight is 396 g/mol. The Kier molecular flexibility index (Phi) is 4.83. The Bertz CT molecular complexity index is 1090. The first-order chi connectivity index (χ1) is 13.5. The number of nitrogens with zero attached hydrogens (tertiary/aromatic N) is 4. The highest BCUT2D eigenvalue weighted by molar-refractivity contribution is 6.31. The molecule has 7 nitrogen and oxygen atoms in total. The standard InChI is InChI=1S/C20H18ClN5O2/c1-13-6-8-15(9-7-13)25-10-11-26-19(28)17(23-24-20(25)26)18(27)22-12-14-4-2-3-5-16(14)21/h2-9H,10-12H2,1H3,(H,22,27). The number of amides is 1. The van der Waals surface area contributed by atoms with E-state index in [0.29, 0.717) is 24.1 Å². The number of fused-ring (bicyclic) bond motifs is 1. The van der Waals surface area contributed by atoms with Gasteiger partial charge in [-0.15, -0.1) is 10.2 Å². The van der Waals surface area contributed by atoms with Gasteiger partial charge in [0, 0.05) is 30.3 Å². The summed E-state index contributed by atoms with van der Waals surface area (Å²) in [4.78, 5) is 27.1. The Morgan fingerprint density at radius 3 is 2.61 bits per heavy atom. The maximum absolute atomic E-state index is 12.8. The summed E-state index contributed by atoms with van der Waals surface area (Å²) in [6.07, 6.45) is 0. The van der Waals surface area contributed by atoms with E-state index in [2.05, 4.69) is 15.5 Å². The molecule has 4 rings (SSSR count). The molecule has 0 bridgehead atoms. The van der Waals surface area contributed by atoms with Crippen LogP contribution < -0.4 is 15.8 Å². The number of anilines is 2. The van der Waals surface area contributed by atoms with Gasteiger partial charge in [-0.25, -0.2) is 0 Å². The number of carbonyl (C=O) groups excluding carboxylic acids is 1. The minimum atomic E-state index is -0.568. The molecule has 1 amide bonds. The first kappa shape index (κ1) is 18.2. The number of nitrogens with one attached hydrogen (secondary N) is 1. The van der Waals surface area contributed by atoms with Crippen molar-refractivity contribution < 1.29 is 4.79 Å². The molecule has 0 fully saturated rings. The van der Waals surface area contributed by atoms with Crippen LogP contribution in [0.4, 0.5) is 11.6 Å². The first-order valence-corrected chi connectivity index (χ1v) is 9.26. The van der Waals surface area contributed by atoms with Crippen molar-refractivity contribution in [2.24, 2.45) is 0 Å². The van der Waals surface area contributed by atoms with Gasteiger partial charge in [-0.2, -0.15) is 0 Å². The topological polar surface area (TPSA) is 80.1 Å². The number of hydrogen-bond acceptors (Lipinski definition) is 5. The van der Waals surface area contributed by atoms with Crippen LogP contribution in [0.15, 0.2) is 53.3 Å². The second-order valence-electron chi connectivity index (χ2n) is 6.57. The van der Waals surface area contributed by atoms with Crippen LogP contribution >= 0.6 is 11.6 Å². The molecule has 0 spiro atoms. The molecule has 0 radical (unpaired) electrons. The van der Waals surface area contributed by atoms with Crippen molar-refractivity contribution in [2.75, 3.05) is 11.4 Å². The lowest BCUT2D eigenvalue weighted by Gasteiger charge is -2.16. The van der Waals surface area contributed by atoms with Crippen LogP contribution in [0.3, 0.4) is 0 Å². The summed E-state index contributed by atoms with van der Waals surface area (Å²) < 4.78 is 1.48. The molecular weight excluding hydrogens is 378 g/mol. The predicted molar refractivity (Wildman–Crippen MR) is 107 cm³/mol. The van der Waals surface area contributed by atoms with Gasteiger partial charge in [-0.05, 0) is 30.7 Å². The Hall–Kier alpha value is -3.19. The van der Waals surface area contributed by atoms with Gasteiger partial charge in [0.1, 0.15) is 0 Å². The zero-order chi connectivity index (χ0) is 19.7. The predicted octanol–water partition coefficient (Wildman–Crippen LogP) is 2.68. The van der Waals surface area contributed by atoms with E-state index in [4.69, 9.17) is 11.6 Å². The molecule has 142 valence electrons. The molecule has 1 aliphatic rings. The fourth-order valence-electron chi connectivity index (χ4n) is 3.12. The lowest BCUT2D eigenvalue weighted by atomic mass is 10.2. The molecule has 3 aromatic rings. The first-order valence-electron chi connectivity index (χ1n) is 8.88. The number of aryl methyl sites for hydroxylation is 1. The second-order valence-corrected chi connectivity index (χ2v) is 6.97. The van der Waals surface area contributed by atoms with Crippen LogP contribution in [0.5, 0.6) is 0 Å². The SMILES string of the molecule is Cc1ccc(N2CCn3c2nnc(C(=O)NCc2ccccc2Cl)c3=O)cc1. The van der Waals surface area contributed by atoms with E-state index in [1.165, 1.54) is 4.57 Å². The third kappa shape index (κ3) is 3.36. The van der Waals surface area contributed by atoms with Gasteiger partial charge < -0.3 is 10.2 Å². The summed E-state index contributed by atoms with van der Waals surface area (Å²) in [5, 5.41) is 11.3. The summed E-state index contributed by atoms with van der Waals surface area (Å²) in [7, 11) is 0. The maximum Gasteiger partial charge on any atom is 0.286 e. The smallest absolute Gasteiger partial charge is 0.286 e. The third-order valence-corrected chi connectivity index (χ3v) is 5.04. The fraction of sp³-hybridized carbons (Fsp3) is 0.200. The monoisotopic (exact) mass is 395 g/mol. The molecule has 0 saturated carbocycles. The molecule has 1 N–H and O–H groups in total. The molecule has 2 aromatic carbocycles. The number of hydrogen-bond donors (Lipinski definition) is 1. The van der Waals surface area contributed by atoms with Gasteiger partial charge in [0.2, 0.25) is 11.6 Å². The van der Waals surface area contributed by atoms with Crippen LogP contribution in [0.2, 0.25) is 5.02 Å². The summed E-state index contributed by atoms with van der Waals surface area (Å²) in [5.74, 6) is -0.127. The molecule has 0 atom stereocenters. The van der Waals surface area contributed by atoms with Crippen LogP contribution in [-0.4, -0.2) is 27.2 Å². The van der Waals surface area contributed by atoms with Gasteiger partial charge in [-0.1, -0.05) is 47.5 Å². The van der Waals surface area contributed by atoms with Crippen LogP contribution in [0.1, 0.15) is 21.6 Å². The van der Waals surface area contributed by atoms with E-state index in [0.717, 1.165) is 16.8 Å². The van der Waals surface area contributed by atoms with E-state index in [1.807, 2.05) is 54.3 Å². The number of aromatic nitrogens is 3. The number of benzene rings is 2. The molecule has 2 heterocycles. The quantitative estimate of drug-likeness (QED) is 0.734. The summed E-state index contributed by atoms with van der Waals surface area (Å²) in [5.41, 5.74) is 2.17. The van der Waals surface area contributed by atoms with Crippen molar-refractivity contribution in [1.82, 2.24) is 20.1 Å². The molecule has 28 heavy (non-hydrogen) atoms. The van der Waals surface area contributed by atoms with Crippen molar-refractivity contribution >= 4 is 29.1 Å². The molecule has 1 aliphatic heterocycles. The Morgan fingerprint density at radius 1 is 1.11 bits per heavy atom. The molecule has 8 heteroatoms. The van der Waals surface area contributed by atoms with Crippen molar-refractivity contribution in [1.29, 1.82) is 0 Å². The average Bonchev–Trinajstić information content (AvgIpc) is 3.13. The lowest BCUT2D eigenvalue weighted by Crippen LogP contribution is -2.34. The maximum atomic E-state index is 12.8. The number of halogens is 1. The summed E-state index contributed by atoms with van der Waals surface area (Å²) in [6, 6.07) is 15.1. The zero-order valence-corrected chi connectivity index (χ0v) is 16.0. The highest BCUT2D eigenvalue weighted by atomic mass is 35.5. The molecule has 0 unspecified atom stereocenters. The molecule has 0 aliphatic carbocycles. The van der Waals surface area contributed by atoms with Crippen LogP contribution in [0.25, 0.3) is 0 Å². The normalized spacial score (nSPS) is 12.7. The van der Waals surface area contributed by atoms with E-state index in [-0.39, 0.29) is 12.2 Å². The lowest BCUT2D eigenvalue weighted by molar-refractivity contribution is 0.0942. The summed E-state index contributed by atoms with van der Waals surface area (Å²) >= 11 is 6.10. The Balaban J connectivity index is 1.56. The van der Waals surface area contributed by atoms with E-state index in [1.54, 1.807) is 6.07 Å². The van der Waals surface area contributed by atoms with E-state index in [9.17, 15) is 9.59 Å². The van der Waals surface area contributed by atoms with Gasteiger partial charge in [0.25, 0.3) is 11.5 Å². The van der Waals surface area contributed by atoms with Crippen LogP contribution in [-0.2, 0) is 13.1 Å². The Morgan fingerprint density at radius 2 is 1.86 bits per heavy atom. The molecule has 0 saturated heterocycles. The fourth-order valence-corrected chi connectivity index (χ4v) is 3.33. The van der Waals surface area contributed by atoms with Gasteiger partial charge >= 0.3 is 0 Å². The van der Waals surface area contributed by atoms with Crippen molar-refractivity contribution in [3.63, 3.8) is 0 Å². The second kappa shape index (κ2) is 7.44. The van der Waals surface area contributed by atoms with Crippen molar-refractivity contribution in [3.8, 4) is 0 Å². The van der Waals surface area contributed by atoms with Crippen molar-refractivity contribution in [3.05, 3.63) is 80.7 Å². The molecule has 1 aromatic heterocycles.